The van der Waals surface area contributed by atoms with Gasteiger partial charge in [0.2, 0.25) is 5.82 Å². The minimum atomic E-state index is 1.03. The van der Waals surface area contributed by atoms with Gasteiger partial charge in [-0.25, -0.2) is 4.98 Å². The molecule has 0 saturated carbocycles. The van der Waals surface area contributed by atoms with Gasteiger partial charge >= 0.3 is 0 Å². The first-order valence-corrected chi connectivity index (χ1v) is 8.86. The molecular weight excluding hydrogens is 290 g/mol. The van der Waals surface area contributed by atoms with Crippen molar-refractivity contribution in [1.29, 1.82) is 0 Å². The first kappa shape index (κ1) is 13.9. The Hall–Kier alpha value is -1.78. The Morgan fingerprint density at radius 2 is 1.91 bits per heavy atom. The maximum absolute atomic E-state index is 4.56. The third-order valence-electron chi connectivity index (χ3n) is 4.39. The third kappa shape index (κ3) is 2.64. The zero-order valence-electron chi connectivity index (χ0n) is 12.6. The summed E-state index contributed by atoms with van der Waals surface area (Å²) < 4.78 is 0. The third-order valence-corrected chi connectivity index (χ3v) is 5.59. The van der Waals surface area contributed by atoms with Crippen molar-refractivity contribution in [2.24, 2.45) is 0 Å². The quantitative estimate of drug-likeness (QED) is 0.805. The van der Waals surface area contributed by atoms with Gasteiger partial charge in [0, 0.05) is 11.3 Å². The lowest BCUT2D eigenvalue weighted by Gasteiger charge is -2.10. The van der Waals surface area contributed by atoms with Crippen LogP contribution in [0.4, 0.5) is 5.82 Å². The van der Waals surface area contributed by atoms with E-state index >= 15 is 0 Å². The number of hydrogen-bond acceptors (Lipinski definition) is 3. The standard InChI is InChI=1S/C18H19N3S/c1-2-6-13(7-3-1)10-11-19-17-16-14-8-4-5-9-15(14)22-18(16)21-12-20-17/h1-3,6-7,12H,4-5,8-11H2,(H,19,20,21)/p+1. The molecule has 4 rings (SSSR count). The van der Waals surface area contributed by atoms with E-state index in [9.17, 15) is 0 Å². The van der Waals surface area contributed by atoms with Gasteiger partial charge in [-0.3, -0.25) is 5.32 Å². The van der Waals surface area contributed by atoms with Gasteiger partial charge in [-0.05, 0) is 36.8 Å². The predicted octanol–water partition coefficient (Wildman–Crippen LogP) is 3.01. The zero-order valence-corrected chi connectivity index (χ0v) is 13.4. The second-order valence-corrected chi connectivity index (χ2v) is 6.96. The first-order valence-electron chi connectivity index (χ1n) is 8.04. The molecule has 0 radical (unpaired) electrons. The molecule has 0 spiro atoms. The van der Waals surface area contributed by atoms with Gasteiger partial charge in [0.05, 0.1) is 11.9 Å². The number of nitrogens with zero attached hydrogens (tertiary/aromatic N) is 2. The number of benzene rings is 1. The Bertz CT molecular complexity index is 780. The van der Waals surface area contributed by atoms with Crippen molar-refractivity contribution in [1.82, 2.24) is 9.97 Å². The molecule has 1 aliphatic rings. The van der Waals surface area contributed by atoms with Crippen LogP contribution in [0, 0.1) is 0 Å². The number of fused-ring (bicyclic) bond motifs is 3. The van der Waals surface area contributed by atoms with Gasteiger partial charge < -0.3 is 0 Å². The van der Waals surface area contributed by atoms with Gasteiger partial charge in [0.15, 0.2) is 0 Å². The Morgan fingerprint density at radius 1 is 1.05 bits per heavy atom. The summed E-state index contributed by atoms with van der Waals surface area (Å²) in [7, 11) is 0. The molecule has 3 nitrogen and oxygen atoms in total. The van der Waals surface area contributed by atoms with Crippen LogP contribution in [-0.4, -0.2) is 16.5 Å². The minimum absolute atomic E-state index is 1.03. The SMILES string of the molecule is c1ccc(CC[NH2+]c2ncnc3sc4c(c23)CCCC4)cc1. The van der Waals surface area contributed by atoms with E-state index in [0.29, 0.717) is 0 Å². The number of aromatic nitrogens is 2. The highest BCUT2D eigenvalue weighted by atomic mass is 32.1. The van der Waals surface area contributed by atoms with Crippen LogP contribution in [0.1, 0.15) is 28.8 Å². The smallest absolute Gasteiger partial charge is 0.236 e. The Labute approximate surface area is 134 Å². The van der Waals surface area contributed by atoms with Crippen LogP contribution in [0.2, 0.25) is 0 Å². The Kier molecular flexibility index (Phi) is 3.87. The molecule has 1 aromatic carbocycles. The molecule has 2 aromatic heterocycles. The van der Waals surface area contributed by atoms with Crippen LogP contribution < -0.4 is 5.32 Å². The second kappa shape index (κ2) is 6.15. The fraction of sp³-hybridized carbons (Fsp3) is 0.333. The topological polar surface area (TPSA) is 42.4 Å². The lowest BCUT2D eigenvalue weighted by Crippen LogP contribution is -2.79. The molecule has 3 aromatic rings. The predicted molar refractivity (Wildman–Crippen MR) is 90.7 cm³/mol. The fourth-order valence-corrected chi connectivity index (χ4v) is 4.53. The van der Waals surface area contributed by atoms with E-state index in [0.717, 1.165) is 18.8 Å². The average molecular weight is 310 g/mol. The summed E-state index contributed by atoms with van der Waals surface area (Å²) in [6.45, 7) is 1.03. The second-order valence-electron chi connectivity index (χ2n) is 5.88. The number of thiophene rings is 1. The zero-order chi connectivity index (χ0) is 14.8. The highest BCUT2D eigenvalue weighted by molar-refractivity contribution is 7.18. The number of hydrogen-bond donors (Lipinski definition) is 1. The number of rotatable bonds is 4. The van der Waals surface area contributed by atoms with E-state index in [2.05, 4.69) is 45.6 Å². The molecule has 0 unspecified atom stereocenters. The maximum atomic E-state index is 4.56. The van der Waals surface area contributed by atoms with Crippen LogP contribution in [0.3, 0.4) is 0 Å². The molecule has 0 bridgehead atoms. The summed E-state index contributed by atoms with van der Waals surface area (Å²) in [5.41, 5.74) is 2.91. The first-order chi connectivity index (χ1) is 10.9. The molecule has 0 atom stereocenters. The van der Waals surface area contributed by atoms with Crippen molar-refractivity contribution in [2.45, 2.75) is 32.1 Å². The van der Waals surface area contributed by atoms with Crippen LogP contribution in [-0.2, 0) is 19.3 Å². The van der Waals surface area contributed by atoms with Crippen LogP contribution in [0.25, 0.3) is 10.2 Å². The Balaban J connectivity index is 1.57. The molecular formula is C18H20N3S+. The summed E-state index contributed by atoms with van der Waals surface area (Å²) in [5, 5.41) is 3.62. The molecule has 0 saturated heterocycles. The highest BCUT2D eigenvalue weighted by Crippen LogP contribution is 2.36. The van der Waals surface area contributed by atoms with Crippen molar-refractivity contribution in [3.8, 4) is 0 Å². The number of nitrogens with two attached hydrogens (primary N) is 1. The largest absolute Gasteiger partial charge is 0.296 e. The molecule has 0 fully saturated rings. The molecule has 112 valence electrons. The van der Waals surface area contributed by atoms with Gasteiger partial charge in [-0.2, -0.15) is 4.98 Å². The van der Waals surface area contributed by atoms with Gasteiger partial charge in [-0.1, -0.05) is 30.3 Å². The van der Waals surface area contributed by atoms with E-state index in [1.807, 2.05) is 11.3 Å². The monoisotopic (exact) mass is 310 g/mol. The van der Waals surface area contributed by atoms with E-state index in [1.165, 1.54) is 47.0 Å². The lowest BCUT2D eigenvalue weighted by atomic mass is 9.97. The molecule has 22 heavy (non-hydrogen) atoms. The van der Waals surface area contributed by atoms with Crippen molar-refractivity contribution < 1.29 is 5.32 Å². The summed E-state index contributed by atoms with van der Waals surface area (Å²) >= 11 is 1.87. The molecule has 0 amide bonds. The van der Waals surface area contributed by atoms with Gasteiger partial charge in [0.25, 0.3) is 0 Å². The van der Waals surface area contributed by atoms with Crippen molar-refractivity contribution in [3.05, 3.63) is 52.7 Å². The van der Waals surface area contributed by atoms with Gasteiger partial charge in [-0.15, -0.1) is 11.3 Å². The molecule has 0 aliphatic heterocycles. The molecule has 4 heteroatoms. The average Bonchev–Trinajstić information content (AvgIpc) is 2.95. The normalized spacial score (nSPS) is 14.2. The van der Waals surface area contributed by atoms with Crippen molar-refractivity contribution in [2.75, 3.05) is 6.54 Å². The number of quaternary nitrogens is 1. The lowest BCUT2D eigenvalue weighted by molar-refractivity contribution is -0.573. The van der Waals surface area contributed by atoms with Gasteiger partial charge in [0.1, 0.15) is 11.2 Å². The summed E-state index contributed by atoms with van der Waals surface area (Å²) in [5.74, 6) is 1.14. The summed E-state index contributed by atoms with van der Waals surface area (Å²) in [4.78, 5) is 11.8. The van der Waals surface area contributed by atoms with E-state index in [4.69, 9.17) is 0 Å². The minimum Gasteiger partial charge on any atom is -0.296 e. The van der Waals surface area contributed by atoms with E-state index in [1.54, 1.807) is 11.2 Å². The molecule has 1 aliphatic carbocycles. The number of aryl methyl sites for hydroxylation is 2. The fourth-order valence-electron chi connectivity index (χ4n) is 3.29. The van der Waals surface area contributed by atoms with Crippen molar-refractivity contribution in [3.63, 3.8) is 0 Å². The van der Waals surface area contributed by atoms with Crippen LogP contribution in [0.15, 0.2) is 36.7 Å². The van der Waals surface area contributed by atoms with Crippen LogP contribution >= 0.6 is 11.3 Å². The molecule has 2 heterocycles. The van der Waals surface area contributed by atoms with E-state index < -0.39 is 0 Å². The van der Waals surface area contributed by atoms with Crippen LogP contribution in [0.5, 0.6) is 0 Å². The van der Waals surface area contributed by atoms with E-state index in [-0.39, 0.29) is 0 Å². The summed E-state index contributed by atoms with van der Waals surface area (Å²) in [6.07, 6.45) is 7.83. The highest BCUT2D eigenvalue weighted by Gasteiger charge is 2.21. The molecule has 2 N–H and O–H groups in total. The summed E-state index contributed by atoms with van der Waals surface area (Å²) in [6, 6.07) is 10.7. The maximum Gasteiger partial charge on any atom is 0.236 e. The Morgan fingerprint density at radius 3 is 2.82 bits per heavy atom. The van der Waals surface area contributed by atoms with Crippen molar-refractivity contribution >= 4 is 27.4 Å².